The van der Waals surface area contributed by atoms with E-state index in [0.29, 0.717) is 49.5 Å². The monoisotopic (exact) mass is 410 g/mol. The van der Waals surface area contributed by atoms with Gasteiger partial charge in [-0.2, -0.15) is 0 Å². The number of benzene rings is 2. The third-order valence-corrected chi connectivity index (χ3v) is 5.91. The summed E-state index contributed by atoms with van der Waals surface area (Å²) < 4.78 is 16.6. The van der Waals surface area contributed by atoms with Crippen LogP contribution in [0.25, 0.3) is 11.1 Å². The molecule has 0 unspecified atom stereocenters. The Morgan fingerprint density at radius 3 is 2.57 bits per heavy atom. The number of hydrogen-bond acceptors (Lipinski definition) is 5. The molecule has 2 fully saturated rings. The first kappa shape index (κ1) is 20.2. The standard InChI is InChI=1S/C23H26N2O5/c1-28-18-6-7-19(20(13-18)29-2)16-4-3-5-17(12-16)22(27)25-10-8-23(9-11-25)15-24-21(26)14-30-23/h3-7,12-13H,8-11,14-15H2,1-2H3,(H,24,26). The maximum atomic E-state index is 13.1. The molecule has 0 aliphatic carbocycles. The zero-order valence-electron chi connectivity index (χ0n) is 17.3. The van der Waals surface area contributed by atoms with Gasteiger partial charge in [0.05, 0.1) is 19.8 Å². The Morgan fingerprint density at radius 2 is 1.90 bits per heavy atom. The van der Waals surface area contributed by atoms with Gasteiger partial charge in [0.25, 0.3) is 5.91 Å². The maximum absolute atomic E-state index is 13.1. The Hall–Kier alpha value is -3.06. The van der Waals surface area contributed by atoms with Gasteiger partial charge >= 0.3 is 0 Å². The lowest BCUT2D eigenvalue weighted by molar-refractivity contribution is -0.149. The molecule has 7 heteroatoms. The lowest BCUT2D eigenvalue weighted by Gasteiger charge is -2.43. The smallest absolute Gasteiger partial charge is 0.253 e. The molecule has 0 saturated carbocycles. The van der Waals surface area contributed by atoms with Crippen molar-refractivity contribution >= 4 is 11.8 Å². The molecular formula is C23H26N2O5. The van der Waals surface area contributed by atoms with Gasteiger partial charge in [-0.3, -0.25) is 9.59 Å². The van der Waals surface area contributed by atoms with Gasteiger partial charge in [-0.25, -0.2) is 0 Å². The Labute approximate surface area is 175 Å². The average Bonchev–Trinajstić information content (AvgIpc) is 2.81. The molecule has 0 atom stereocenters. The second-order valence-corrected chi connectivity index (χ2v) is 7.69. The van der Waals surface area contributed by atoms with Crippen LogP contribution in [0.5, 0.6) is 11.5 Å². The number of piperidine rings is 1. The summed E-state index contributed by atoms with van der Waals surface area (Å²) in [5, 5.41) is 2.87. The SMILES string of the molecule is COc1ccc(-c2cccc(C(=O)N3CCC4(CC3)CNC(=O)CO4)c2)c(OC)c1. The summed E-state index contributed by atoms with van der Waals surface area (Å²) in [5.74, 6) is 1.32. The number of ether oxygens (including phenoxy) is 3. The molecule has 0 aromatic heterocycles. The molecule has 2 aliphatic heterocycles. The molecule has 2 aromatic carbocycles. The lowest BCUT2D eigenvalue weighted by atomic mass is 9.89. The van der Waals surface area contributed by atoms with Gasteiger partial charge in [0.1, 0.15) is 18.1 Å². The van der Waals surface area contributed by atoms with E-state index in [1.54, 1.807) is 14.2 Å². The Balaban J connectivity index is 1.49. The number of likely N-dealkylation sites (tertiary alicyclic amines) is 1. The van der Waals surface area contributed by atoms with Crippen molar-refractivity contribution in [2.24, 2.45) is 0 Å². The lowest BCUT2D eigenvalue weighted by Crippen LogP contribution is -2.58. The highest BCUT2D eigenvalue weighted by Crippen LogP contribution is 2.34. The van der Waals surface area contributed by atoms with Crippen molar-refractivity contribution in [3.05, 3.63) is 48.0 Å². The predicted molar refractivity (Wildman–Crippen MR) is 112 cm³/mol. The first-order valence-electron chi connectivity index (χ1n) is 10.1. The number of nitrogens with one attached hydrogen (secondary N) is 1. The van der Waals surface area contributed by atoms with Crippen LogP contribution in [-0.4, -0.2) is 62.8 Å². The van der Waals surface area contributed by atoms with Crippen LogP contribution in [0.1, 0.15) is 23.2 Å². The van der Waals surface area contributed by atoms with Crippen LogP contribution in [0.15, 0.2) is 42.5 Å². The fourth-order valence-corrected chi connectivity index (χ4v) is 4.06. The molecule has 2 amide bonds. The van der Waals surface area contributed by atoms with Crippen molar-refractivity contribution in [1.29, 1.82) is 0 Å². The number of carbonyl (C=O) groups excluding carboxylic acids is 2. The van der Waals surface area contributed by atoms with Gasteiger partial charge in [-0.1, -0.05) is 12.1 Å². The number of hydrogen-bond donors (Lipinski definition) is 1. The number of carbonyl (C=O) groups is 2. The van der Waals surface area contributed by atoms with E-state index in [1.807, 2.05) is 47.4 Å². The molecule has 7 nitrogen and oxygen atoms in total. The summed E-state index contributed by atoms with van der Waals surface area (Å²) in [5.41, 5.74) is 2.10. The molecule has 30 heavy (non-hydrogen) atoms. The molecule has 0 radical (unpaired) electrons. The number of amides is 2. The first-order chi connectivity index (χ1) is 14.5. The fraction of sp³-hybridized carbons (Fsp3) is 0.391. The van der Waals surface area contributed by atoms with Crippen LogP contribution in [0, 0.1) is 0 Å². The third-order valence-electron chi connectivity index (χ3n) is 5.91. The number of rotatable bonds is 4. The van der Waals surface area contributed by atoms with E-state index in [2.05, 4.69) is 5.32 Å². The molecule has 4 rings (SSSR count). The molecule has 158 valence electrons. The summed E-state index contributed by atoms with van der Waals surface area (Å²) in [7, 11) is 3.23. The number of methoxy groups -OCH3 is 2. The topological polar surface area (TPSA) is 77.1 Å². The molecule has 1 N–H and O–H groups in total. The van der Waals surface area contributed by atoms with Gasteiger partial charge in [0, 0.05) is 36.8 Å². The minimum atomic E-state index is -0.344. The summed E-state index contributed by atoms with van der Waals surface area (Å²) in [6.45, 7) is 1.82. The van der Waals surface area contributed by atoms with Crippen molar-refractivity contribution in [2.45, 2.75) is 18.4 Å². The summed E-state index contributed by atoms with van der Waals surface area (Å²) >= 11 is 0. The van der Waals surface area contributed by atoms with Gasteiger partial charge in [0.15, 0.2) is 0 Å². The molecule has 2 aromatic rings. The quantitative estimate of drug-likeness (QED) is 0.838. The van der Waals surface area contributed by atoms with Crippen LogP contribution in [0.3, 0.4) is 0 Å². The van der Waals surface area contributed by atoms with Crippen LogP contribution in [0.4, 0.5) is 0 Å². The summed E-state index contributed by atoms with van der Waals surface area (Å²) in [4.78, 5) is 26.3. The zero-order chi connectivity index (χ0) is 21.1. The van der Waals surface area contributed by atoms with Crippen molar-refractivity contribution < 1.29 is 23.8 Å². The van der Waals surface area contributed by atoms with Crippen LogP contribution in [0.2, 0.25) is 0 Å². The second kappa shape index (κ2) is 8.36. The first-order valence-corrected chi connectivity index (χ1v) is 10.1. The number of nitrogens with zero attached hydrogens (tertiary/aromatic N) is 1. The van der Waals surface area contributed by atoms with Crippen molar-refractivity contribution in [3.8, 4) is 22.6 Å². The molecular weight excluding hydrogens is 384 g/mol. The van der Waals surface area contributed by atoms with E-state index >= 15 is 0 Å². The second-order valence-electron chi connectivity index (χ2n) is 7.69. The molecule has 0 bridgehead atoms. The van der Waals surface area contributed by atoms with E-state index in [0.717, 1.165) is 11.1 Å². The van der Waals surface area contributed by atoms with E-state index in [1.165, 1.54) is 0 Å². The third kappa shape index (κ3) is 3.98. The van der Waals surface area contributed by atoms with E-state index in [-0.39, 0.29) is 24.0 Å². The molecule has 1 spiro atoms. The maximum Gasteiger partial charge on any atom is 0.253 e. The Morgan fingerprint density at radius 1 is 1.10 bits per heavy atom. The highest BCUT2D eigenvalue weighted by atomic mass is 16.5. The summed E-state index contributed by atoms with van der Waals surface area (Å²) in [6, 6.07) is 13.2. The number of morpholine rings is 1. The van der Waals surface area contributed by atoms with Crippen molar-refractivity contribution in [1.82, 2.24) is 10.2 Å². The molecule has 2 heterocycles. The highest BCUT2D eigenvalue weighted by molar-refractivity contribution is 5.95. The average molecular weight is 410 g/mol. The van der Waals surface area contributed by atoms with E-state index in [9.17, 15) is 9.59 Å². The van der Waals surface area contributed by atoms with Gasteiger partial charge < -0.3 is 24.4 Å². The minimum Gasteiger partial charge on any atom is -0.497 e. The van der Waals surface area contributed by atoms with Gasteiger partial charge in [-0.15, -0.1) is 0 Å². The van der Waals surface area contributed by atoms with Gasteiger partial charge in [0.2, 0.25) is 5.91 Å². The molecule has 2 saturated heterocycles. The zero-order valence-corrected chi connectivity index (χ0v) is 17.3. The van der Waals surface area contributed by atoms with Crippen LogP contribution >= 0.6 is 0 Å². The molecule has 2 aliphatic rings. The Kier molecular flexibility index (Phi) is 5.63. The van der Waals surface area contributed by atoms with Crippen molar-refractivity contribution in [2.75, 3.05) is 40.5 Å². The van der Waals surface area contributed by atoms with Crippen LogP contribution in [-0.2, 0) is 9.53 Å². The fourth-order valence-electron chi connectivity index (χ4n) is 4.06. The normalized spacial score (nSPS) is 18.1. The summed E-state index contributed by atoms with van der Waals surface area (Å²) in [6.07, 6.45) is 1.43. The van der Waals surface area contributed by atoms with Gasteiger partial charge in [-0.05, 0) is 42.7 Å². The minimum absolute atomic E-state index is 0.000904. The highest BCUT2D eigenvalue weighted by Gasteiger charge is 2.40. The predicted octanol–water partition coefficient (Wildman–Crippen LogP) is 2.49. The van der Waals surface area contributed by atoms with E-state index in [4.69, 9.17) is 14.2 Å². The van der Waals surface area contributed by atoms with Crippen molar-refractivity contribution in [3.63, 3.8) is 0 Å². The van der Waals surface area contributed by atoms with Crippen LogP contribution < -0.4 is 14.8 Å². The van der Waals surface area contributed by atoms with E-state index < -0.39 is 0 Å². The Bertz CT molecular complexity index is 938. The largest absolute Gasteiger partial charge is 0.497 e.